The molecule has 7 nitrogen and oxygen atoms in total. The van der Waals surface area contributed by atoms with Crippen LogP contribution in [0.2, 0.25) is 16.6 Å². The molecule has 304 valence electrons. The number of phenols is 1. The molecule has 3 saturated heterocycles. The van der Waals surface area contributed by atoms with Gasteiger partial charge < -0.3 is 20.1 Å². The lowest BCUT2D eigenvalue weighted by atomic mass is 9.92. The number of rotatable bonds is 8. The average Bonchev–Trinajstić information content (AvgIpc) is 3.65. The maximum absolute atomic E-state index is 17.6. The van der Waals surface area contributed by atoms with Gasteiger partial charge in [-0.05, 0) is 85.1 Å². The van der Waals surface area contributed by atoms with Crippen molar-refractivity contribution in [3.8, 4) is 40.3 Å². The maximum atomic E-state index is 17.6. The van der Waals surface area contributed by atoms with E-state index in [0.29, 0.717) is 64.5 Å². The van der Waals surface area contributed by atoms with Gasteiger partial charge >= 0.3 is 0 Å². The average molecular weight is 819 g/mol. The van der Waals surface area contributed by atoms with E-state index < -0.39 is 31.4 Å². The number of ether oxygens (including phenoxy) is 1. The molecule has 0 saturated carbocycles. The monoisotopic (exact) mass is 817 g/mol. The molecule has 57 heavy (non-hydrogen) atoms. The van der Waals surface area contributed by atoms with Crippen LogP contribution in [0, 0.1) is 34.4 Å². The van der Waals surface area contributed by atoms with E-state index in [2.05, 4.69) is 88.0 Å². The van der Waals surface area contributed by atoms with Gasteiger partial charge in [0.15, 0.2) is 5.82 Å². The number of hydrogen-bond acceptors (Lipinski definition) is 7. The topological polar surface area (TPSA) is 84.6 Å². The molecule has 3 aliphatic rings. The number of aromatic hydroxyl groups is 1. The molecule has 1 aromatic heterocycles. The third-order valence-electron chi connectivity index (χ3n) is 12.9. The third-order valence-corrected chi connectivity index (χ3v) is 19.2. The Kier molecular flexibility index (Phi) is 12.2. The van der Waals surface area contributed by atoms with Crippen molar-refractivity contribution in [2.75, 3.05) is 37.7 Å². The van der Waals surface area contributed by atoms with Crippen molar-refractivity contribution >= 4 is 47.8 Å². The molecule has 4 aromatic rings. The molecule has 12 heteroatoms. The second kappa shape index (κ2) is 16.3. The number of nitrogens with zero attached hydrogens (tertiary/aromatic N) is 4. The first-order valence-corrected chi connectivity index (χ1v) is 22.4. The lowest BCUT2D eigenvalue weighted by Crippen LogP contribution is -2.54. The highest BCUT2D eigenvalue weighted by Crippen LogP contribution is 2.45. The standard InChI is InChI=1S/C45H54F3N5O2Si.ClH/c1-26(2)56(27(3)4,28(5)6)17-14-35-39(47)13-10-31-18-33(54)19-37(40(31)35)34-11-12-36-42(41(34)48)51-44(55-25-45-15-9-16-53(45)24-32(46)20-45)38(21-49)43(36)52-22-29(7)50-30(8)23-52;/h10-13,18-19,26-30,32,50,54H,9,15-16,20,22-25H2,1-8H3;1H/t29-,30-,32+,45-;/m0./s1. The van der Waals surface area contributed by atoms with Gasteiger partial charge in [0.25, 0.3) is 0 Å². The zero-order valence-corrected chi connectivity index (χ0v) is 36.1. The number of phenolic OH excluding ortho intramolecular Hbond substituents is 1. The van der Waals surface area contributed by atoms with E-state index in [0.717, 1.165) is 19.4 Å². The second-order valence-corrected chi connectivity index (χ2v) is 23.1. The molecule has 0 amide bonds. The molecule has 2 N–H and O–H groups in total. The fraction of sp³-hybridized carbons (Fsp3) is 0.511. The first-order valence-electron chi connectivity index (χ1n) is 20.2. The normalized spacial score (nSPS) is 22.5. The van der Waals surface area contributed by atoms with Gasteiger partial charge in [-0.25, -0.2) is 18.2 Å². The SMILES string of the molecule is CC(C)[Si](C#Cc1c(F)ccc2cc(O)cc(-c3ccc4c(N5C[C@H](C)N[C@@H](C)C5)c(C#N)c(OC[C@@]56CCCN5C[C@H](F)C6)nc4c3F)c12)(C(C)C)C(C)C.Cl. The number of pyridine rings is 1. The molecule has 4 heterocycles. The number of fused-ring (bicyclic) bond motifs is 3. The van der Waals surface area contributed by atoms with Crippen LogP contribution in [-0.4, -0.2) is 79.6 Å². The Morgan fingerprint density at radius 1 is 0.982 bits per heavy atom. The van der Waals surface area contributed by atoms with Crippen molar-refractivity contribution in [3.05, 3.63) is 59.2 Å². The Balaban J connectivity index is 0.00000549. The first-order chi connectivity index (χ1) is 26.6. The second-order valence-electron chi connectivity index (χ2n) is 17.5. The summed E-state index contributed by atoms with van der Waals surface area (Å²) in [5.74, 6) is 1.99. The van der Waals surface area contributed by atoms with Crippen LogP contribution in [-0.2, 0) is 0 Å². The van der Waals surface area contributed by atoms with Gasteiger partial charge in [-0.15, -0.1) is 18.0 Å². The number of hydrogen-bond donors (Lipinski definition) is 2. The summed E-state index contributed by atoms with van der Waals surface area (Å²) in [6.07, 6.45) is 1.06. The molecule has 4 atom stereocenters. The molecular weight excluding hydrogens is 763 g/mol. The highest BCUT2D eigenvalue weighted by molar-refractivity contribution is 6.90. The summed E-state index contributed by atoms with van der Waals surface area (Å²) in [7, 11) is -2.29. The van der Waals surface area contributed by atoms with Gasteiger partial charge in [-0.1, -0.05) is 59.6 Å². The van der Waals surface area contributed by atoms with Gasteiger partial charge in [0.2, 0.25) is 5.88 Å². The number of aromatic nitrogens is 1. The molecule has 7 rings (SSSR count). The van der Waals surface area contributed by atoms with Crippen LogP contribution < -0.4 is 15.0 Å². The van der Waals surface area contributed by atoms with E-state index in [4.69, 9.17) is 9.72 Å². The van der Waals surface area contributed by atoms with Crippen LogP contribution >= 0.6 is 12.4 Å². The summed E-state index contributed by atoms with van der Waals surface area (Å²) in [5, 5.41) is 26.6. The summed E-state index contributed by atoms with van der Waals surface area (Å²) in [4.78, 5) is 8.98. The van der Waals surface area contributed by atoms with Crippen LogP contribution in [0.1, 0.15) is 85.8 Å². The third kappa shape index (κ3) is 7.46. The van der Waals surface area contributed by atoms with Crippen LogP contribution in [0.15, 0.2) is 36.4 Å². The molecule has 0 aliphatic carbocycles. The molecule has 3 aromatic carbocycles. The molecule has 3 aliphatic heterocycles. The van der Waals surface area contributed by atoms with Crippen LogP contribution in [0.3, 0.4) is 0 Å². The lowest BCUT2D eigenvalue weighted by molar-refractivity contribution is 0.110. The highest BCUT2D eigenvalue weighted by Gasteiger charge is 2.49. The smallest absolute Gasteiger partial charge is 0.234 e. The minimum Gasteiger partial charge on any atom is -0.508 e. The Morgan fingerprint density at radius 2 is 1.67 bits per heavy atom. The Hall–Kier alpha value is -4.00. The van der Waals surface area contributed by atoms with E-state index >= 15 is 8.78 Å². The number of benzene rings is 3. The van der Waals surface area contributed by atoms with E-state index in [1.54, 1.807) is 24.3 Å². The predicted molar refractivity (Wildman–Crippen MR) is 229 cm³/mol. The number of nitriles is 1. The molecule has 3 fully saturated rings. The summed E-state index contributed by atoms with van der Waals surface area (Å²) < 4.78 is 54.9. The minimum atomic E-state index is -2.29. The van der Waals surface area contributed by atoms with E-state index in [9.17, 15) is 14.8 Å². The fourth-order valence-corrected chi connectivity index (χ4v) is 15.7. The van der Waals surface area contributed by atoms with Gasteiger partial charge in [0, 0.05) is 54.5 Å². The van der Waals surface area contributed by atoms with E-state index in [1.807, 2.05) is 0 Å². The lowest BCUT2D eigenvalue weighted by Gasteiger charge is -2.38. The maximum Gasteiger partial charge on any atom is 0.234 e. The number of nitrogens with one attached hydrogen (secondary N) is 1. The minimum absolute atomic E-state index is 0. The van der Waals surface area contributed by atoms with E-state index in [-0.39, 0.29) is 70.5 Å². The van der Waals surface area contributed by atoms with Crippen molar-refractivity contribution in [1.29, 1.82) is 5.26 Å². The first kappa shape index (κ1) is 42.6. The summed E-state index contributed by atoms with van der Waals surface area (Å²) >= 11 is 0. The van der Waals surface area contributed by atoms with Gasteiger partial charge in [0.05, 0.1) is 16.8 Å². The Bertz CT molecular complexity index is 2260. The fourth-order valence-electron chi connectivity index (χ4n) is 10.5. The number of halogens is 4. The molecular formula is C45H55ClF3N5O2Si. The van der Waals surface area contributed by atoms with Crippen LogP contribution in [0.25, 0.3) is 32.8 Å². The Morgan fingerprint density at radius 3 is 2.32 bits per heavy atom. The van der Waals surface area contributed by atoms with Gasteiger partial charge in [-0.2, -0.15) is 5.26 Å². The molecule has 0 unspecified atom stereocenters. The van der Waals surface area contributed by atoms with Crippen molar-refractivity contribution in [2.45, 2.75) is 115 Å². The summed E-state index contributed by atoms with van der Waals surface area (Å²) in [6, 6.07) is 11.8. The van der Waals surface area contributed by atoms with Crippen molar-refractivity contribution in [1.82, 2.24) is 15.2 Å². The Labute approximate surface area is 342 Å². The predicted octanol–water partition coefficient (Wildman–Crippen LogP) is 10.0. The van der Waals surface area contributed by atoms with Crippen molar-refractivity contribution in [2.24, 2.45) is 0 Å². The molecule has 0 radical (unpaired) electrons. The van der Waals surface area contributed by atoms with Crippen LogP contribution in [0.4, 0.5) is 18.9 Å². The molecule has 0 spiro atoms. The largest absolute Gasteiger partial charge is 0.508 e. The number of alkyl halides is 1. The summed E-state index contributed by atoms with van der Waals surface area (Å²) in [6.45, 7) is 19.7. The van der Waals surface area contributed by atoms with E-state index in [1.165, 1.54) is 12.1 Å². The van der Waals surface area contributed by atoms with Crippen molar-refractivity contribution < 1.29 is 23.0 Å². The number of piperazine rings is 1. The van der Waals surface area contributed by atoms with Gasteiger partial charge in [-0.3, -0.25) is 4.90 Å². The molecule has 0 bridgehead atoms. The zero-order valence-electron chi connectivity index (χ0n) is 34.3. The zero-order chi connectivity index (χ0) is 40.3. The summed E-state index contributed by atoms with van der Waals surface area (Å²) in [5.41, 5.74) is 5.37. The highest BCUT2D eigenvalue weighted by atomic mass is 35.5. The van der Waals surface area contributed by atoms with Gasteiger partial charge in [0.1, 0.15) is 49.6 Å². The van der Waals surface area contributed by atoms with Crippen molar-refractivity contribution in [3.63, 3.8) is 0 Å². The number of anilines is 1. The quantitative estimate of drug-likeness (QED) is 0.135. The van der Waals surface area contributed by atoms with Crippen LogP contribution in [0.5, 0.6) is 11.6 Å².